The van der Waals surface area contributed by atoms with Crippen LogP contribution in [0.2, 0.25) is 0 Å². The molecule has 0 spiro atoms. The molecule has 0 amide bonds. The first-order valence-corrected chi connectivity index (χ1v) is 7.44. The van der Waals surface area contributed by atoms with Crippen LogP contribution in [0.4, 0.5) is 0 Å². The predicted octanol–water partition coefficient (Wildman–Crippen LogP) is 3.06. The van der Waals surface area contributed by atoms with Gasteiger partial charge in [-0.2, -0.15) is 0 Å². The Morgan fingerprint density at radius 2 is 2.32 bits per heavy atom. The number of halogens is 1. The first kappa shape index (κ1) is 14.2. The maximum Gasteiger partial charge on any atom is 0.360 e. The van der Waals surface area contributed by atoms with E-state index in [0.717, 1.165) is 15.0 Å². The summed E-state index contributed by atoms with van der Waals surface area (Å²) in [6.45, 7) is 4.62. The van der Waals surface area contributed by atoms with Gasteiger partial charge in [0.15, 0.2) is 5.69 Å². The number of carbonyl (C=O) groups is 1. The van der Waals surface area contributed by atoms with Crippen LogP contribution in [0.3, 0.4) is 0 Å². The van der Waals surface area contributed by atoms with E-state index < -0.39 is 5.97 Å². The number of rotatable bonds is 4. The largest absolute Gasteiger partial charge is 0.464 e. The van der Waals surface area contributed by atoms with Crippen molar-refractivity contribution in [2.24, 2.45) is 0 Å². The molecule has 0 N–H and O–H groups in total. The number of esters is 1. The van der Waals surface area contributed by atoms with E-state index in [9.17, 15) is 4.79 Å². The van der Waals surface area contributed by atoms with E-state index in [1.807, 2.05) is 25.3 Å². The second kappa shape index (κ2) is 5.83. The summed E-state index contributed by atoms with van der Waals surface area (Å²) in [6, 6.07) is 2.04. The molecule has 2 rings (SSSR count). The van der Waals surface area contributed by atoms with Gasteiger partial charge in [-0.25, -0.2) is 9.48 Å². The Morgan fingerprint density at radius 1 is 1.58 bits per heavy atom. The normalized spacial score (nSPS) is 11.0. The highest BCUT2D eigenvalue weighted by Gasteiger charge is 2.22. The number of hydrogen-bond donors (Lipinski definition) is 0. The quantitative estimate of drug-likeness (QED) is 0.800. The monoisotopic (exact) mass is 343 g/mol. The molecular weight excluding hydrogens is 330 g/mol. The summed E-state index contributed by atoms with van der Waals surface area (Å²) in [4.78, 5) is 12.8. The van der Waals surface area contributed by atoms with Gasteiger partial charge in [-0.15, -0.1) is 16.4 Å². The topological polar surface area (TPSA) is 57.0 Å². The van der Waals surface area contributed by atoms with Gasteiger partial charge >= 0.3 is 5.97 Å². The molecule has 7 heteroatoms. The van der Waals surface area contributed by atoms with Gasteiger partial charge in [-0.1, -0.05) is 19.1 Å². The van der Waals surface area contributed by atoms with Crippen molar-refractivity contribution in [2.45, 2.75) is 26.3 Å². The highest BCUT2D eigenvalue weighted by Crippen LogP contribution is 2.23. The van der Waals surface area contributed by atoms with E-state index in [-0.39, 0.29) is 5.92 Å². The van der Waals surface area contributed by atoms with Crippen molar-refractivity contribution in [2.75, 3.05) is 7.11 Å². The third-order valence-electron chi connectivity index (χ3n) is 2.63. The van der Waals surface area contributed by atoms with Crippen LogP contribution in [-0.4, -0.2) is 28.1 Å². The van der Waals surface area contributed by atoms with Gasteiger partial charge in [0.1, 0.15) is 0 Å². The second-order valence-electron chi connectivity index (χ2n) is 4.36. The fraction of sp³-hybridized carbons (Fsp3) is 0.417. The van der Waals surface area contributed by atoms with E-state index in [0.29, 0.717) is 12.2 Å². The Kier molecular flexibility index (Phi) is 4.36. The number of aromatic nitrogens is 3. The summed E-state index contributed by atoms with van der Waals surface area (Å²) in [5, 5.41) is 10.0. The smallest absolute Gasteiger partial charge is 0.360 e. The molecule has 0 aliphatic rings. The summed E-state index contributed by atoms with van der Waals surface area (Å²) < 4.78 is 7.54. The van der Waals surface area contributed by atoms with Gasteiger partial charge < -0.3 is 4.74 Å². The van der Waals surface area contributed by atoms with E-state index >= 15 is 0 Å². The molecule has 19 heavy (non-hydrogen) atoms. The third-order valence-corrected chi connectivity index (χ3v) is 4.31. The van der Waals surface area contributed by atoms with Crippen LogP contribution in [-0.2, 0) is 11.3 Å². The highest BCUT2D eigenvalue weighted by atomic mass is 79.9. The number of ether oxygens (including phenoxy) is 1. The molecule has 0 aliphatic heterocycles. The zero-order valence-corrected chi connectivity index (χ0v) is 13.3. The standard InChI is InChI=1S/C12H14BrN3O2S/c1-7(2)11-10(12(17)18-3)14-15-16(11)5-9-4-8(13)6-19-9/h4,6-7H,5H2,1-3H3. The van der Waals surface area contributed by atoms with Gasteiger partial charge in [-0.3, -0.25) is 0 Å². The fourth-order valence-corrected chi connectivity index (χ4v) is 3.27. The average molecular weight is 344 g/mol. The predicted molar refractivity (Wildman–Crippen MR) is 76.6 cm³/mol. The molecule has 5 nitrogen and oxygen atoms in total. The molecule has 0 radical (unpaired) electrons. The van der Waals surface area contributed by atoms with Crippen molar-refractivity contribution in [1.82, 2.24) is 15.0 Å². The molecule has 0 unspecified atom stereocenters. The van der Waals surface area contributed by atoms with E-state index in [1.165, 1.54) is 7.11 Å². The zero-order chi connectivity index (χ0) is 14.0. The Labute approximate surface area is 123 Å². The minimum absolute atomic E-state index is 0.146. The lowest BCUT2D eigenvalue weighted by atomic mass is 10.1. The van der Waals surface area contributed by atoms with Crippen molar-refractivity contribution < 1.29 is 9.53 Å². The molecule has 0 atom stereocenters. The van der Waals surface area contributed by atoms with Gasteiger partial charge in [0.2, 0.25) is 0 Å². The second-order valence-corrected chi connectivity index (χ2v) is 6.27. The van der Waals surface area contributed by atoms with E-state index in [4.69, 9.17) is 4.74 Å². The summed E-state index contributed by atoms with van der Waals surface area (Å²) >= 11 is 5.06. The number of carbonyl (C=O) groups excluding carboxylic acids is 1. The summed E-state index contributed by atoms with van der Waals surface area (Å²) in [7, 11) is 1.35. The van der Waals surface area contributed by atoms with Crippen molar-refractivity contribution in [3.8, 4) is 0 Å². The molecule has 0 aromatic carbocycles. The number of thiophene rings is 1. The molecule has 0 saturated carbocycles. The fourth-order valence-electron chi connectivity index (χ4n) is 1.84. The lowest BCUT2D eigenvalue weighted by Gasteiger charge is -2.09. The first-order chi connectivity index (χ1) is 9.02. The molecule has 0 saturated heterocycles. The molecule has 0 bridgehead atoms. The molecule has 0 aliphatic carbocycles. The minimum Gasteiger partial charge on any atom is -0.464 e. The SMILES string of the molecule is COC(=O)c1nnn(Cc2cc(Br)cs2)c1C(C)C. The van der Waals surface area contributed by atoms with Gasteiger partial charge in [0.25, 0.3) is 0 Å². The third kappa shape index (κ3) is 3.03. The van der Waals surface area contributed by atoms with Gasteiger partial charge in [0, 0.05) is 14.7 Å². The van der Waals surface area contributed by atoms with Crippen LogP contribution < -0.4 is 0 Å². The summed E-state index contributed by atoms with van der Waals surface area (Å²) in [5.74, 6) is -0.296. The molecule has 2 aromatic rings. The zero-order valence-electron chi connectivity index (χ0n) is 10.9. The van der Waals surface area contributed by atoms with Crippen molar-refractivity contribution in [3.05, 3.63) is 32.2 Å². The van der Waals surface area contributed by atoms with Crippen LogP contribution in [0.15, 0.2) is 15.9 Å². The maximum atomic E-state index is 11.7. The van der Waals surface area contributed by atoms with Gasteiger partial charge in [0.05, 0.1) is 19.3 Å². The number of hydrogen-bond acceptors (Lipinski definition) is 5. The van der Waals surface area contributed by atoms with Crippen LogP contribution in [0, 0.1) is 0 Å². The van der Waals surface area contributed by atoms with E-state index in [1.54, 1.807) is 16.0 Å². The van der Waals surface area contributed by atoms with Crippen molar-refractivity contribution in [1.29, 1.82) is 0 Å². The highest BCUT2D eigenvalue weighted by molar-refractivity contribution is 9.10. The number of nitrogens with zero attached hydrogens (tertiary/aromatic N) is 3. The molecule has 2 aromatic heterocycles. The lowest BCUT2D eigenvalue weighted by Crippen LogP contribution is -2.11. The first-order valence-electron chi connectivity index (χ1n) is 5.77. The van der Waals surface area contributed by atoms with Crippen LogP contribution in [0.1, 0.15) is 40.8 Å². The Morgan fingerprint density at radius 3 is 2.84 bits per heavy atom. The summed E-state index contributed by atoms with van der Waals surface area (Å²) in [5.41, 5.74) is 1.10. The molecule has 2 heterocycles. The Balaban J connectivity index is 2.35. The van der Waals surface area contributed by atoms with Crippen LogP contribution in [0.25, 0.3) is 0 Å². The average Bonchev–Trinajstić information content (AvgIpc) is 2.95. The van der Waals surface area contributed by atoms with Crippen LogP contribution >= 0.6 is 27.3 Å². The van der Waals surface area contributed by atoms with Gasteiger partial charge in [-0.05, 0) is 27.9 Å². The summed E-state index contributed by atoms with van der Waals surface area (Å²) in [6.07, 6.45) is 0. The number of methoxy groups -OCH3 is 1. The van der Waals surface area contributed by atoms with Crippen LogP contribution in [0.5, 0.6) is 0 Å². The van der Waals surface area contributed by atoms with Crippen molar-refractivity contribution >= 4 is 33.2 Å². The molecule has 102 valence electrons. The maximum absolute atomic E-state index is 11.7. The Hall–Kier alpha value is -1.21. The Bertz CT molecular complexity index is 592. The molecular formula is C12H14BrN3O2S. The van der Waals surface area contributed by atoms with Crippen molar-refractivity contribution in [3.63, 3.8) is 0 Å². The lowest BCUT2D eigenvalue weighted by molar-refractivity contribution is 0.0592. The minimum atomic E-state index is -0.442. The van der Waals surface area contributed by atoms with E-state index in [2.05, 4.69) is 26.2 Å². The molecule has 0 fully saturated rings.